The summed E-state index contributed by atoms with van der Waals surface area (Å²) in [6.07, 6.45) is 4.62. The Morgan fingerprint density at radius 2 is 2.00 bits per heavy atom. The largest absolute Gasteiger partial charge is 0.492 e. The molecule has 1 amide bonds. The Balaban J connectivity index is 1.40. The van der Waals surface area contributed by atoms with Gasteiger partial charge in [0.1, 0.15) is 23.6 Å². The van der Waals surface area contributed by atoms with E-state index in [1.165, 1.54) is 0 Å². The lowest BCUT2D eigenvalue weighted by atomic mass is 10.0. The zero-order valence-corrected chi connectivity index (χ0v) is 18.1. The molecule has 1 aromatic carbocycles. The predicted octanol–water partition coefficient (Wildman–Crippen LogP) is 3.99. The smallest absolute Gasteiger partial charge is 0.260 e. The van der Waals surface area contributed by atoms with E-state index in [4.69, 9.17) is 4.74 Å². The highest BCUT2D eigenvalue weighted by Crippen LogP contribution is 2.41. The molecule has 2 bridgehead atoms. The molecule has 0 radical (unpaired) electrons. The molecule has 0 saturated heterocycles. The summed E-state index contributed by atoms with van der Waals surface area (Å²) in [5.41, 5.74) is 3.93. The number of ether oxygens (including phenoxy) is 1. The summed E-state index contributed by atoms with van der Waals surface area (Å²) in [5, 5.41) is 11.3. The van der Waals surface area contributed by atoms with Gasteiger partial charge in [-0.1, -0.05) is 18.2 Å². The number of nitrogens with one attached hydrogen (secondary N) is 1. The number of amides is 1. The molecule has 1 aliphatic carbocycles. The van der Waals surface area contributed by atoms with Crippen molar-refractivity contribution in [3.05, 3.63) is 72.3 Å². The summed E-state index contributed by atoms with van der Waals surface area (Å²) >= 11 is 0. The van der Waals surface area contributed by atoms with Crippen molar-refractivity contribution in [2.24, 2.45) is 11.8 Å². The van der Waals surface area contributed by atoms with Crippen LogP contribution in [0.1, 0.15) is 22.5 Å². The van der Waals surface area contributed by atoms with Crippen molar-refractivity contribution in [1.82, 2.24) is 24.7 Å². The number of benzene rings is 1. The van der Waals surface area contributed by atoms with Gasteiger partial charge in [-0.2, -0.15) is 0 Å². The quantitative estimate of drug-likeness (QED) is 0.483. The topological polar surface area (TPSA) is 94.8 Å². The van der Waals surface area contributed by atoms with Crippen molar-refractivity contribution in [2.75, 3.05) is 11.9 Å². The SMILES string of the molecule is Cc1ccc(-c2ccc3c(c2)C(=O)Nc2cccc(n2)-c2nncn2C[C@@H]2C[C@H]2CO3)cn1. The van der Waals surface area contributed by atoms with Gasteiger partial charge in [0.15, 0.2) is 5.82 Å². The van der Waals surface area contributed by atoms with Crippen LogP contribution >= 0.6 is 0 Å². The fraction of sp³-hybridized carbons (Fsp3) is 0.240. The summed E-state index contributed by atoms with van der Waals surface area (Å²) in [7, 11) is 0. The van der Waals surface area contributed by atoms with Crippen molar-refractivity contribution in [3.63, 3.8) is 0 Å². The van der Waals surface area contributed by atoms with Crippen LogP contribution in [0, 0.1) is 18.8 Å². The third kappa shape index (κ3) is 3.84. The van der Waals surface area contributed by atoms with Crippen LogP contribution < -0.4 is 10.1 Å². The van der Waals surface area contributed by atoms with Crippen LogP contribution in [-0.2, 0) is 6.54 Å². The van der Waals surface area contributed by atoms with Crippen LogP contribution in [0.15, 0.2) is 61.1 Å². The molecule has 8 heteroatoms. The van der Waals surface area contributed by atoms with E-state index in [9.17, 15) is 4.79 Å². The number of pyridine rings is 2. The third-order valence-electron chi connectivity index (χ3n) is 6.26. The van der Waals surface area contributed by atoms with Crippen molar-refractivity contribution in [3.8, 4) is 28.4 Å². The first-order valence-corrected chi connectivity index (χ1v) is 11.0. The number of hydrogen-bond donors (Lipinski definition) is 1. The molecule has 1 saturated carbocycles. The highest BCUT2D eigenvalue weighted by molar-refractivity contribution is 6.06. The van der Waals surface area contributed by atoms with E-state index in [1.807, 2.05) is 60.2 Å². The number of carbonyl (C=O) groups excluding carboxylic acids is 1. The Kier molecular flexibility index (Phi) is 4.64. The minimum absolute atomic E-state index is 0.276. The number of carbonyl (C=O) groups is 1. The van der Waals surface area contributed by atoms with Gasteiger partial charge in [-0.3, -0.25) is 9.78 Å². The minimum atomic E-state index is -0.276. The second-order valence-corrected chi connectivity index (χ2v) is 8.64. The van der Waals surface area contributed by atoms with Crippen LogP contribution in [0.3, 0.4) is 0 Å². The predicted molar refractivity (Wildman–Crippen MR) is 123 cm³/mol. The first-order chi connectivity index (χ1) is 16.1. The summed E-state index contributed by atoms with van der Waals surface area (Å²) in [4.78, 5) is 22.3. The Labute approximate surface area is 190 Å². The van der Waals surface area contributed by atoms with Crippen LogP contribution in [0.4, 0.5) is 5.82 Å². The van der Waals surface area contributed by atoms with E-state index in [1.54, 1.807) is 12.4 Å². The maximum Gasteiger partial charge on any atom is 0.260 e. The fourth-order valence-corrected chi connectivity index (χ4v) is 4.24. The van der Waals surface area contributed by atoms with Gasteiger partial charge in [0.25, 0.3) is 5.91 Å². The van der Waals surface area contributed by atoms with Gasteiger partial charge in [0.05, 0.1) is 12.2 Å². The molecule has 4 heterocycles. The van der Waals surface area contributed by atoms with Crippen LogP contribution in [0.25, 0.3) is 22.6 Å². The maximum absolute atomic E-state index is 13.3. The van der Waals surface area contributed by atoms with Gasteiger partial charge >= 0.3 is 0 Å². The molecule has 33 heavy (non-hydrogen) atoms. The lowest BCUT2D eigenvalue weighted by Crippen LogP contribution is -2.16. The third-order valence-corrected chi connectivity index (χ3v) is 6.26. The van der Waals surface area contributed by atoms with Gasteiger partial charge in [0, 0.05) is 24.0 Å². The molecule has 2 aliphatic rings. The first-order valence-electron chi connectivity index (χ1n) is 11.0. The van der Waals surface area contributed by atoms with Crippen LogP contribution in [-0.4, -0.2) is 37.2 Å². The Bertz CT molecular complexity index is 1350. The Morgan fingerprint density at radius 1 is 1.09 bits per heavy atom. The highest BCUT2D eigenvalue weighted by atomic mass is 16.5. The molecule has 164 valence electrons. The molecule has 0 unspecified atom stereocenters. The van der Waals surface area contributed by atoms with Crippen molar-refractivity contribution >= 4 is 11.7 Å². The van der Waals surface area contributed by atoms with Crippen LogP contribution in [0.5, 0.6) is 5.75 Å². The zero-order chi connectivity index (χ0) is 22.4. The molecule has 4 aromatic rings. The van der Waals surface area contributed by atoms with Crippen molar-refractivity contribution in [2.45, 2.75) is 19.9 Å². The minimum Gasteiger partial charge on any atom is -0.492 e. The summed E-state index contributed by atoms with van der Waals surface area (Å²) < 4.78 is 8.18. The molecule has 3 aromatic heterocycles. The Hall–Kier alpha value is -4.07. The maximum atomic E-state index is 13.3. The lowest BCUT2D eigenvalue weighted by Gasteiger charge is -2.15. The zero-order valence-electron chi connectivity index (χ0n) is 18.1. The number of fused-ring (bicyclic) bond motifs is 6. The molecular formula is C25H22N6O2. The monoisotopic (exact) mass is 438 g/mol. The first kappa shape index (κ1) is 19.6. The molecule has 1 fully saturated rings. The van der Waals surface area contributed by atoms with E-state index in [-0.39, 0.29) is 5.91 Å². The lowest BCUT2D eigenvalue weighted by molar-refractivity contribution is 0.102. The van der Waals surface area contributed by atoms with E-state index >= 15 is 0 Å². The Morgan fingerprint density at radius 3 is 2.88 bits per heavy atom. The summed E-state index contributed by atoms with van der Waals surface area (Å²) in [6.45, 7) is 3.33. The average Bonchev–Trinajstić information content (AvgIpc) is 3.40. The van der Waals surface area contributed by atoms with Crippen molar-refractivity contribution < 1.29 is 9.53 Å². The number of hydrogen-bond acceptors (Lipinski definition) is 6. The van der Waals surface area contributed by atoms with Gasteiger partial charge in [0.2, 0.25) is 0 Å². The number of rotatable bonds is 1. The van der Waals surface area contributed by atoms with Gasteiger partial charge in [-0.25, -0.2) is 4.98 Å². The van der Waals surface area contributed by atoms with E-state index in [0.717, 1.165) is 29.8 Å². The molecule has 2 atom stereocenters. The number of anilines is 1. The van der Waals surface area contributed by atoms with Crippen LogP contribution in [0.2, 0.25) is 0 Å². The normalized spacial score (nSPS) is 19.2. The second-order valence-electron chi connectivity index (χ2n) is 8.64. The van der Waals surface area contributed by atoms with Gasteiger partial charge < -0.3 is 14.6 Å². The number of nitrogens with zero attached hydrogens (tertiary/aromatic N) is 5. The van der Waals surface area contributed by atoms with E-state index in [2.05, 4.69) is 25.5 Å². The van der Waals surface area contributed by atoms with E-state index < -0.39 is 0 Å². The molecule has 1 aliphatic heterocycles. The average molecular weight is 438 g/mol. The van der Waals surface area contributed by atoms with E-state index in [0.29, 0.717) is 47.1 Å². The molecule has 1 N–H and O–H groups in total. The summed E-state index contributed by atoms with van der Waals surface area (Å²) in [6, 6.07) is 15.2. The second kappa shape index (κ2) is 7.81. The molecule has 0 spiro atoms. The fourth-order valence-electron chi connectivity index (χ4n) is 4.24. The molecule has 6 rings (SSSR count). The molecular weight excluding hydrogens is 416 g/mol. The standard InChI is InChI=1S/C25H22N6O2/c1-15-5-6-17(11-26-15)16-7-8-22-20(10-16)25(32)29-23-4-2-3-21(28-23)24-30-27-14-31(24)12-18-9-19(18)13-33-22/h2-8,10-11,14,18-19H,9,12-13H2,1H3,(H,28,29,32)/t18-,19-/m0/s1. The molecule has 8 nitrogen and oxygen atoms in total. The van der Waals surface area contributed by atoms with Gasteiger partial charge in [-0.15, -0.1) is 10.2 Å². The summed E-state index contributed by atoms with van der Waals surface area (Å²) in [5.74, 6) is 2.36. The van der Waals surface area contributed by atoms with Crippen molar-refractivity contribution in [1.29, 1.82) is 0 Å². The van der Waals surface area contributed by atoms with Gasteiger partial charge in [-0.05, 0) is 61.1 Å². The highest BCUT2D eigenvalue weighted by Gasteiger charge is 2.38. The number of aryl methyl sites for hydroxylation is 1. The number of aromatic nitrogens is 5.